The Labute approximate surface area is 255 Å². The first kappa shape index (κ1) is 30.3. The minimum atomic E-state index is -4.82. The van der Waals surface area contributed by atoms with Gasteiger partial charge in [-0.3, -0.25) is 9.48 Å². The number of methoxy groups -OCH3 is 1. The number of nitrogen functional groups attached to an aromatic ring is 1. The summed E-state index contributed by atoms with van der Waals surface area (Å²) in [7, 11) is 1.37. The van der Waals surface area contributed by atoms with Crippen LogP contribution >= 0.6 is 11.6 Å². The molecule has 11 nitrogen and oxygen atoms in total. The maximum absolute atomic E-state index is 15.1. The first-order valence-electron chi connectivity index (χ1n) is 14.1. The van der Waals surface area contributed by atoms with Crippen molar-refractivity contribution in [1.29, 1.82) is 0 Å². The molecule has 0 spiro atoms. The number of benzene rings is 1. The van der Waals surface area contributed by atoms with Crippen LogP contribution in [0.3, 0.4) is 0 Å². The SMILES string of the molecule is COc1nc2c(c(N3CCCn4nc(C(=O)N5CCC(C)(N)C5)c(Cl)c4C3)n1)COC(c1c(C(F)(F)F)ccc(N)c1F)C2. The number of halogens is 5. The highest BCUT2D eigenvalue weighted by Crippen LogP contribution is 2.43. The number of nitrogens with two attached hydrogens (primary N) is 2. The molecule has 3 aliphatic rings. The normalized spacial score (nSPS) is 22.0. The molecular weight excluding hydrogens is 608 g/mol. The standard InChI is InChI=1S/C28H31ClF4N8O3/c1-27(35)6-9-40(13-27)25(42)23-21(29)18-11-39(7-3-8-41(18)38-23)24-14-12-44-19(10-17(14)36-26(37-24)43-2)20-15(28(31,32)33)4-5-16(34)22(20)30/h4-5,19H,3,6-13,34-35H2,1-2H3. The van der Waals surface area contributed by atoms with Crippen LogP contribution in [-0.4, -0.2) is 62.8 Å². The molecule has 5 heterocycles. The van der Waals surface area contributed by atoms with Gasteiger partial charge in [-0.05, 0) is 31.9 Å². The van der Waals surface area contributed by atoms with Gasteiger partial charge in [0.2, 0.25) is 0 Å². The number of hydrogen-bond donors (Lipinski definition) is 2. The number of likely N-dealkylation sites (tertiary alicyclic amines) is 1. The van der Waals surface area contributed by atoms with Gasteiger partial charge in [0, 0.05) is 49.3 Å². The van der Waals surface area contributed by atoms with Gasteiger partial charge >= 0.3 is 12.2 Å². The molecule has 3 aromatic rings. The van der Waals surface area contributed by atoms with Gasteiger partial charge in [-0.1, -0.05) is 11.6 Å². The average Bonchev–Trinajstić information content (AvgIpc) is 3.40. The van der Waals surface area contributed by atoms with E-state index in [0.29, 0.717) is 61.8 Å². The molecule has 6 rings (SSSR count). The number of alkyl halides is 3. The van der Waals surface area contributed by atoms with Crippen molar-refractivity contribution in [3.63, 3.8) is 0 Å². The van der Waals surface area contributed by atoms with Crippen LogP contribution in [0.25, 0.3) is 0 Å². The van der Waals surface area contributed by atoms with Crippen molar-refractivity contribution < 1.29 is 31.8 Å². The molecule has 0 aliphatic carbocycles. The van der Waals surface area contributed by atoms with E-state index in [1.54, 1.807) is 9.58 Å². The van der Waals surface area contributed by atoms with Crippen LogP contribution in [0.2, 0.25) is 5.02 Å². The first-order valence-corrected chi connectivity index (χ1v) is 14.4. The Hall–Kier alpha value is -3.69. The van der Waals surface area contributed by atoms with Gasteiger partial charge in [0.05, 0.1) is 54.0 Å². The molecule has 0 saturated carbocycles. The Morgan fingerprint density at radius 3 is 2.68 bits per heavy atom. The van der Waals surface area contributed by atoms with Crippen molar-refractivity contribution in [2.24, 2.45) is 5.73 Å². The largest absolute Gasteiger partial charge is 0.467 e. The fourth-order valence-electron chi connectivity index (χ4n) is 6.05. The summed E-state index contributed by atoms with van der Waals surface area (Å²) < 4.78 is 69.5. The monoisotopic (exact) mass is 638 g/mol. The Balaban J connectivity index is 1.33. The van der Waals surface area contributed by atoms with E-state index in [9.17, 15) is 18.0 Å². The van der Waals surface area contributed by atoms with Crippen LogP contribution < -0.4 is 21.1 Å². The van der Waals surface area contributed by atoms with Crippen molar-refractivity contribution in [1.82, 2.24) is 24.6 Å². The second-order valence-electron chi connectivity index (χ2n) is 11.6. The van der Waals surface area contributed by atoms with Gasteiger partial charge in [-0.25, -0.2) is 4.39 Å². The van der Waals surface area contributed by atoms with E-state index in [1.165, 1.54) is 7.11 Å². The van der Waals surface area contributed by atoms with Crippen molar-refractivity contribution in [2.75, 3.05) is 37.4 Å². The van der Waals surface area contributed by atoms with Gasteiger partial charge < -0.3 is 30.7 Å². The molecule has 4 N–H and O–H groups in total. The van der Waals surface area contributed by atoms with E-state index in [2.05, 4.69) is 15.1 Å². The van der Waals surface area contributed by atoms with Gasteiger partial charge in [-0.2, -0.15) is 28.2 Å². The van der Waals surface area contributed by atoms with Crippen molar-refractivity contribution in [3.8, 4) is 6.01 Å². The summed E-state index contributed by atoms with van der Waals surface area (Å²) in [6.45, 7) is 3.84. The number of aryl methyl sites for hydroxylation is 1. The van der Waals surface area contributed by atoms with Gasteiger partial charge in [0.1, 0.15) is 5.82 Å². The zero-order chi connectivity index (χ0) is 31.6. The maximum Gasteiger partial charge on any atom is 0.416 e. The van der Waals surface area contributed by atoms with Crippen molar-refractivity contribution >= 4 is 29.0 Å². The van der Waals surface area contributed by atoms with Crippen LogP contribution in [0.5, 0.6) is 6.01 Å². The maximum atomic E-state index is 15.1. The second kappa shape index (κ2) is 11.0. The summed E-state index contributed by atoms with van der Waals surface area (Å²) in [4.78, 5) is 25.8. The summed E-state index contributed by atoms with van der Waals surface area (Å²) in [5, 5.41) is 4.78. The minimum absolute atomic E-state index is 0.0120. The predicted octanol–water partition coefficient (Wildman–Crippen LogP) is 3.86. The van der Waals surface area contributed by atoms with E-state index in [-0.39, 0.29) is 42.2 Å². The van der Waals surface area contributed by atoms with E-state index < -0.39 is 40.5 Å². The zero-order valence-electron chi connectivity index (χ0n) is 24.0. The number of ether oxygens (including phenoxy) is 2. The van der Waals surface area contributed by atoms with Gasteiger partial charge in [0.25, 0.3) is 5.91 Å². The topological polar surface area (TPSA) is 138 Å². The third-order valence-electron chi connectivity index (χ3n) is 8.30. The molecule has 0 radical (unpaired) electrons. The summed E-state index contributed by atoms with van der Waals surface area (Å²) in [5.41, 5.74) is 10.8. The highest BCUT2D eigenvalue weighted by atomic mass is 35.5. The van der Waals surface area contributed by atoms with Crippen LogP contribution in [0, 0.1) is 5.82 Å². The van der Waals surface area contributed by atoms with Gasteiger partial charge in [0.15, 0.2) is 11.5 Å². The first-order chi connectivity index (χ1) is 20.8. The molecule has 1 fully saturated rings. The molecule has 3 aliphatic heterocycles. The average molecular weight is 639 g/mol. The molecule has 16 heteroatoms. The molecule has 1 aromatic carbocycles. The Kier molecular flexibility index (Phi) is 7.61. The molecule has 1 amide bonds. The van der Waals surface area contributed by atoms with Crippen molar-refractivity contribution in [3.05, 3.63) is 56.7 Å². The molecular formula is C28H31ClF4N8O3. The van der Waals surface area contributed by atoms with Crippen molar-refractivity contribution in [2.45, 2.75) is 63.7 Å². The number of aromatic nitrogens is 4. The smallest absolute Gasteiger partial charge is 0.416 e. The van der Waals surface area contributed by atoms with Gasteiger partial charge in [-0.15, -0.1) is 0 Å². The lowest BCUT2D eigenvalue weighted by Crippen LogP contribution is -2.40. The van der Waals surface area contributed by atoms with E-state index in [4.69, 9.17) is 32.5 Å². The Bertz CT molecular complexity index is 1630. The second-order valence-corrected chi connectivity index (χ2v) is 12.0. The molecule has 2 atom stereocenters. The van der Waals surface area contributed by atoms with Crippen LogP contribution in [-0.2, 0) is 37.0 Å². The van der Waals surface area contributed by atoms with Crippen LogP contribution in [0.4, 0.5) is 29.1 Å². The molecule has 2 unspecified atom stereocenters. The van der Waals surface area contributed by atoms with E-state index >= 15 is 4.39 Å². The molecule has 2 aromatic heterocycles. The summed E-state index contributed by atoms with van der Waals surface area (Å²) >= 11 is 6.77. The number of fused-ring (bicyclic) bond motifs is 2. The lowest BCUT2D eigenvalue weighted by molar-refractivity contribution is -0.140. The lowest BCUT2D eigenvalue weighted by atomic mass is 9.94. The fraction of sp³-hybridized carbons (Fsp3) is 0.500. The lowest BCUT2D eigenvalue weighted by Gasteiger charge is -2.31. The number of carbonyl (C=O) groups is 1. The third kappa shape index (κ3) is 5.41. The predicted molar refractivity (Wildman–Crippen MR) is 152 cm³/mol. The Morgan fingerprint density at radius 2 is 2.00 bits per heavy atom. The molecule has 0 bridgehead atoms. The summed E-state index contributed by atoms with van der Waals surface area (Å²) in [6, 6.07) is 1.62. The summed E-state index contributed by atoms with van der Waals surface area (Å²) in [5.74, 6) is -1.03. The van der Waals surface area contributed by atoms with E-state index in [0.717, 1.165) is 12.1 Å². The number of hydrogen-bond acceptors (Lipinski definition) is 9. The molecule has 236 valence electrons. The Morgan fingerprint density at radius 1 is 1.23 bits per heavy atom. The highest BCUT2D eigenvalue weighted by Gasteiger charge is 2.41. The molecule has 1 saturated heterocycles. The number of rotatable bonds is 4. The van der Waals surface area contributed by atoms with Crippen LogP contribution in [0.1, 0.15) is 64.4 Å². The zero-order valence-corrected chi connectivity index (χ0v) is 24.8. The number of nitrogens with zero attached hydrogens (tertiary/aromatic N) is 6. The fourth-order valence-corrected chi connectivity index (χ4v) is 6.32. The molecule has 44 heavy (non-hydrogen) atoms. The van der Waals surface area contributed by atoms with Crippen LogP contribution in [0.15, 0.2) is 12.1 Å². The highest BCUT2D eigenvalue weighted by molar-refractivity contribution is 6.34. The minimum Gasteiger partial charge on any atom is -0.467 e. The quantitative estimate of drug-likeness (QED) is 0.322. The number of amides is 1. The number of anilines is 2. The summed E-state index contributed by atoms with van der Waals surface area (Å²) in [6.07, 6.45) is -5.01. The van der Waals surface area contributed by atoms with E-state index in [1.807, 2.05) is 11.8 Å². The number of carbonyl (C=O) groups excluding carboxylic acids is 1. The third-order valence-corrected chi connectivity index (χ3v) is 8.70.